The Bertz CT molecular complexity index is 443. The molecule has 0 unspecified atom stereocenters. The molecule has 2 saturated carbocycles. The van der Waals surface area contributed by atoms with Gasteiger partial charge in [-0.1, -0.05) is 27.7 Å². The maximum atomic E-state index is 13.1. The molecule has 1 heterocycles. The summed E-state index contributed by atoms with van der Waals surface area (Å²) in [5, 5.41) is 0. The SMILES string of the molecule is CC(C)C1CCC(C(=O)N2CCOC3(CCC(C(C)C)CC3)C2)CC1. The Morgan fingerprint density at radius 2 is 1.48 bits per heavy atom. The van der Waals surface area contributed by atoms with E-state index < -0.39 is 0 Å². The second-order valence-electron chi connectivity index (χ2n) is 9.73. The molecule has 3 aliphatic rings. The van der Waals surface area contributed by atoms with Gasteiger partial charge in [0.15, 0.2) is 0 Å². The van der Waals surface area contributed by atoms with Crippen LogP contribution in [0.25, 0.3) is 0 Å². The summed E-state index contributed by atoms with van der Waals surface area (Å²) < 4.78 is 6.26. The fourth-order valence-electron chi connectivity index (χ4n) is 5.46. The monoisotopic (exact) mass is 349 g/mol. The molecular weight excluding hydrogens is 310 g/mol. The lowest BCUT2D eigenvalue weighted by Crippen LogP contribution is -2.56. The van der Waals surface area contributed by atoms with E-state index in [0.717, 1.165) is 69.1 Å². The topological polar surface area (TPSA) is 29.5 Å². The van der Waals surface area contributed by atoms with E-state index >= 15 is 0 Å². The Kier molecular flexibility index (Phi) is 6.13. The van der Waals surface area contributed by atoms with Crippen LogP contribution < -0.4 is 0 Å². The molecule has 25 heavy (non-hydrogen) atoms. The van der Waals surface area contributed by atoms with Crippen LogP contribution in [-0.2, 0) is 9.53 Å². The van der Waals surface area contributed by atoms with Gasteiger partial charge in [0.2, 0.25) is 5.91 Å². The van der Waals surface area contributed by atoms with Gasteiger partial charge in [0.1, 0.15) is 0 Å². The standard InChI is InChI=1S/C22H39NO2/c1-16(2)18-5-7-20(8-6-18)21(24)23-13-14-25-22(15-23)11-9-19(10-12-22)17(3)4/h16-20H,5-15H2,1-4H3. The zero-order valence-electron chi connectivity index (χ0n) is 16.9. The van der Waals surface area contributed by atoms with Crippen molar-refractivity contribution in [3.8, 4) is 0 Å². The van der Waals surface area contributed by atoms with Crippen LogP contribution in [0.5, 0.6) is 0 Å². The average molecular weight is 350 g/mol. The summed E-state index contributed by atoms with van der Waals surface area (Å²) >= 11 is 0. The predicted molar refractivity (Wildman–Crippen MR) is 102 cm³/mol. The molecule has 3 fully saturated rings. The van der Waals surface area contributed by atoms with Crippen LogP contribution in [-0.4, -0.2) is 36.1 Å². The van der Waals surface area contributed by atoms with E-state index in [9.17, 15) is 4.79 Å². The lowest BCUT2D eigenvalue weighted by molar-refractivity contribution is -0.163. The smallest absolute Gasteiger partial charge is 0.225 e. The maximum absolute atomic E-state index is 13.1. The van der Waals surface area contributed by atoms with E-state index in [0.29, 0.717) is 5.91 Å². The molecule has 0 N–H and O–H groups in total. The molecule has 0 aromatic heterocycles. The van der Waals surface area contributed by atoms with Crippen molar-refractivity contribution in [3.05, 3.63) is 0 Å². The maximum Gasteiger partial charge on any atom is 0.225 e. The van der Waals surface area contributed by atoms with Gasteiger partial charge in [-0.2, -0.15) is 0 Å². The van der Waals surface area contributed by atoms with Gasteiger partial charge in [-0.25, -0.2) is 0 Å². The molecule has 0 aromatic rings. The molecule has 1 saturated heterocycles. The summed E-state index contributed by atoms with van der Waals surface area (Å²) in [6, 6.07) is 0. The highest BCUT2D eigenvalue weighted by molar-refractivity contribution is 5.79. The van der Waals surface area contributed by atoms with Crippen LogP contribution in [0, 0.1) is 29.6 Å². The first-order valence-electron chi connectivity index (χ1n) is 10.8. The number of nitrogens with zero attached hydrogens (tertiary/aromatic N) is 1. The third-order valence-electron chi connectivity index (χ3n) is 7.51. The molecule has 1 aliphatic heterocycles. The Morgan fingerprint density at radius 1 is 0.920 bits per heavy atom. The Hall–Kier alpha value is -0.570. The summed E-state index contributed by atoms with van der Waals surface area (Å²) in [7, 11) is 0. The van der Waals surface area contributed by atoms with Crippen molar-refractivity contribution in [2.24, 2.45) is 29.6 Å². The highest BCUT2D eigenvalue weighted by Crippen LogP contribution is 2.41. The van der Waals surface area contributed by atoms with Crippen LogP contribution in [0.1, 0.15) is 79.1 Å². The number of morpholine rings is 1. The third-order valence-corrected chi connectivity index (χ3v) is 7.51. The van der Waals surface area contributed by atoms with Gasteiger partial charge < -0.3 is 9.64 Å². The quantitative estimate of drug-likeness (QED) is 0.726. The largest absolute Gasteiger partial charge is 0.371 e. The zero-order valence-corrected chi connectivity index (χ0v) is 16.9. The summed E-state index contributed by atoms with van der Waals surface area (Å²) in [5.41, 5.74) is -0.0333. The first-order chi connectivity index (χ1) is 11.9. The molecule has 3 nitrogen and oxygen atoms in total. The predicted octanol–water partition coefficient (Wildman–Crippen LogP) is 4.89. The molecule has 1 amide bonds. The number of carbonyl (C=O) groups is 1. The van der Waals surface area contributed by atoms with Gasteiger partial charge >= 0.3 is 0 Å². The number of amides is 1. The second-order valence-corrected chi connectivity index (χ2v) is 9.73. The van der Waals surface area contributed by atoms with Crippen molar-refractivity contribution >= 4 is 5.91 Å². The van der Waals surface area contributed by atoms with Crippen molar-refractivity contribution in [3.63, 3.8) is 0 Å². The molecule has 0 radical (unpaired) electrons. The Morgan fingerprint density at radius 3 is 2.04 bits per heavy atom. The molecule has 0 atom stereocenters. The van der Waals surface area contributed by atoms with E-state index in [4.69, 9.17) is 4.74 Å². The molecule has 0 bridgehead atoms. The molecule has 144 valence electrons. The molecular formula is C22H39NO2. The summed E-state index contributed by atoms with van der Waals surface area (Å²) in [4.78, 5) is 15.3. The minimum atomic E-state index is -0.0333. The Labute approximate surface area is 154 Å². The van der Waals surface area contributed by atoms with Crippen molar-refractivity contribution in [2.45, 2.75) is 84.7 Å². The molecule has 1 spiro atoms. The fourth-order valence-corrected chi connectivity index (χ4v) is 5.46. The van der Waals surface area contributed by atoms with Gasteiger partial charge in [0.05, 0.1) is 12.2 Å². The molecule has 3 rings (SSSR count). The van der Waals surface area contributed by atoms with Gasteiger partial charge in [-0.3, -0.25) is 4.79 Å². The summed E-state index contributed by atoms with van der Waals surface area (Å²) in [5.74, 6) is 3.90. The van der Waals surface area contributed by atoms with Crippen LogP contribution in [0.15, 0.2) is 0 Å². The van der Waals surface area contributed by atoms with E-state index in [-0.39, 0.29) is 11.5 Å². The second kappa shape index (κ2) is 7.98. The number of rotatable bonds is 3. The van der Waals surface area contributed by atoms with Crippen molar-refractivity contribution in [1.29, 1.82) is 0 Å². The number of ether oxygens (including phenoxy) is 1. The van der Waals surface area contributed by atoms with Gasteiger partial charge in [0, 0.05) is 19.0 Å². The number of hydrogen-bond donors (Lipinski definition) is 0. The molecule has 3 heteroatoms. The first-order valence-corrected chi connectivity index (χ1v) is 10.8. The van der Waals surface area contributed by atoms with Crippen molar-refractivity contribution < 1.29 is 9.53 Å². The summed E-state index contributed by atoms with van der Waals surface area (Å²) in [6.07, 6.45) is 9.47. The fraction of sp³-hybridized carbons (Fsp3) is 0.955. The minimum absolute atomic E-state index is 0.0333. The lowest BCUT2D eigenvalue weighted by atomic mass is 9.73. The molecule has 0 aromatic carbocycles. The molecule has 2 aliphatic carbocycles. The van der Waals surface area contributed by atoms with Crippen molar-refractivity contribution in [2.75, 3.05) is 19.7 Å². The number of hydrogen-bond acceptors (Lipinski definition) is 2. The van der Waals surface area contributed by atoms with Crippen LogP contribution in [0.3, 0.4) is 0 Å². The van der Waals surface area contributed by atoms with Crippen molar-refractivity contribution in [1.82, 2.24) is 4.90 Å². The minimum Gasteiger partial charge on any atom is -0.371 e. The zero-order chi connectivity index (χ0) is 18.0. The van der Waals surface area contributed by atoms with Gasteiger partial charge in [-0.15, -0.1) is 0 Å². The van der Waals surface area contributed by atoms with E-state index in [1.807, 2.05) is 0 Å². The van der Waals surface area contributed by atoms with Gasteiger partial charge in [-0.05, 0) is 75.0 Å². The van der Waals surface area contributed by atoms with Gasteiger partial charge in [0.25, 0.3) is 0 Å². The number of carbonyl (C=O) groups excluding carboxylic acids is 1. The first kappa shape index (κ1) is 19.2. The highest BCUT2D eigenvalue weighted by Gasteiger charge is 2.43. The van der Waals surface area contributed by atoms with E-state index in [1.54, 1.807) is 0 Å². The van der Waals surface area contributed by atoms with Crippen LogP contribution in [0.4, 0.5) is 0 Å². The average Bonchev–Trinajstić information content (AvgIpc) is 2.61. The third kappa shape index (κ3) is 4.40. The van der Waals surface area contributed by atoms with E-state index in [2.05, 4.69) is 32.6 Å². The van der Waals surface area contributed by atoms with Crippen LogP contribution >= 0.6 is 0 Å². The lowest BCUT2D eigenvalue weighted by Gasteiger charge is -2.48. The van der Waals surface area contributed by atoms with Crippen LogP contribution in [0.2, 0.25) is 0 Å². The normalized spacial score (nSPS) is 37.0. The summed E-state index contributed by atoms with van der Waals surface area (Å²) in [6.45, 7) is 11.7. The highest BCUT2D eigenvalue weighted by atomic mass is 16.5. The Balaban J connectivity index is 1.54. The van der Waals surface area contributed by atoms with E-state index in [1.165, 1.54) is 25.7 Å².